The molecule has 0 aliphatic rings. The zero-order valence-electron chi connectivity index (χ0n) is 13.8. The molecule has 1 aromatic carbocycles. The minimum atomic E-state index is -0.605. The van der Waals surface area contributed by atoms with E-state index in [2.05, 4.69) is 15.6 Å². The Morgan fingerprint density at radius 3 is 2.50 bits per heavy atom. The predicted octanol–water partition coefficient (Wildman–Crippen LogP) is 2.97. The van der Waals surface area contributed by atoms with Crippen LogP contribution in [0.5, 0.6) is 0 Å². The number of aromatic nitrogens is 1. The number of thiazole rings is 1. The van der Waals surface area contributed by atoms with Crippen LogP contribution in [0, 0.1) is 11.7 Å². The van der Waals surface area contributed by atoms with Gasteiger partial charge in [0.25, 0.3) is 0 Å². The van der Waals surface area contributed by atoms with E-state index >= 15 is 0 Å². The highest BCUT2D eigenvalue weighted by atomic mass is 32.1. The quantitative estimate of drug-likeness (QED) is 0.842. The van der Waals surface area contributed by atoms with Gasteiger partial charge in [-0.1, -0.05) is 26.0 Å². The molecule has 128 valence electrons. The Bertz CT molecular complexity index is 713. The molecule has 0 spiro atoms. The average Bonchev–Trinajstić information content (AvgIpc) is 2.93. The normalized spacial score (nSPS) is 12.0. The molecule has 7 heteroatoms. The molecule has 0 aliphatic carbocycles. The lowest BCUT2D eigenvalue weighted by atomic mass is 10.0. The summed E-state index contributed by atoms with van der Waals surface area (Å²) in [5.41, 5.74) is 0.969. The van der Waals surface area contributed by atoms with Gasteiger partial charge in [0.1, 0.15) is 11.9 Å². The number of nitrogens with zero attached hydrogens (tertiary/aromatic N) is 1. The van der Waals surface area contributed by atoms with E-state index in [4.69, 9.17) is 0 Å². The predicted molar refractivity (Wildman–Crippen MR) is 92.4 cm³/mol. The summed E-state index contributed by atoms with van der Waals surface area (Å²) in [6.07, 6.45) is 2.31. The lowest BCUT2D eigenvalue weighted by Crippen LogP contribution is -2.46. The second kappa shape index (κ2) is 8.01. The average molecular weight is 349 g/mol. The van der Waals surface area contributed by atoms with E-state index in [0.29, 0.717) is 11.6 Å². The number of hydrogen-bond acceptors (Lipinski definition) is 4. The summed E-state index contributed by atoms with van der Waals surface area (Å²) in [6.45, 7) is 5.11. The van der Waals surface area contributed by atoms with E-state index in [-0.39, 0.29) is 23.5 Å². The number of halogens is 1. The number of benzene rings is 1. The molecule has 1 heterocycles. The second-order valence-corrected chi connectivity index (χ2v) is 6.96. The molecule has 2 rings (SSSR count). The van der Waals surface area contributed by atoms with Gasteiger partial charge in [0.15, 0.2) is 5.13 Å². The van der Waals surface area contributed by atoms with Crippen molar-refractivity contribution in [3.8, 4) is 0 Å². The zero-order valence-corrected chi connectivity index (χ0v) is 14.6. The smallest absolute Gasteiger partial charge is 0.248 e. The highest BCUT2D eigenvalue weighted by Crippen LogP contribution is 2.22. The molecule has 2 N–H and O–H groups in total. The maximum absolute atomic E-state index is 12.9. The van der Waals surface area contributed by atoms with Gasteiger partial charge in [-0.05, 0) is 23.6 Å². The molecule has 0 radical (unpaired) electrons. The van der Waals surface area contributed by atoms with Gasteiger partial charge in [-0.3, -0.25) is 9.59 Å². The fourth-order valence-corrected chi connectivity index (χ4v) is 3.04. The topological polar surface area (TPSA) is 71.1 Å². The van der Waals surface area contributed by atoms with Crippen LogP contribution in [0.15, 0.2) is 30.5 Å². The van der Waals surface area contributed by atoms with Crippen LogP contribution < -0.4 is 10.6 Å². The minimum Gasteiger partial charge on any atom is -0.344 e. The molecule has 2 aromatic rings. The van der Waals surface area contributed by atoms with Crippen LogP contribution in [-0.4, -0.2) is 22.8 Å². The zero-order chi connectivity index (χ0) is 17.7. The molecular weight excluding hydrogens is 329 g/mol. The standard InChI is InChI=1S/C17H20FN3O2S/c1-10(2)15(20-11(3)22)16(23)21-17-19-9-14(24-17)8-12-4-6-13(18)7-5-12/h4-7,9-10,15H,8H2,1-3H3,(H,20,22)(H,19,21,23). The van der Waals surface area contributed by atoms with Crippen molar-refractivity contribution in [3.05, 3.63) is 46.7 Å². The molecule has 5 nitrogen and oxygen atoms in total. The van der Waals surface area contributed by atoms with Crippen molar-refractivity contribution in [3.63, 3.8) is 0 Å². The first-order valence-corrected chi connectivity index (χ1v) is 8.44. The molecule has 0 aliphatic heterocycles. The Labute approximate surface area is 144 Å². The van der Waals surface area contributed by atoms with E-state index in [1.165, 1.54) is 30.4 Å². The van der Waals surface area contributed by atoms with Gasteiger partial charge in [0, 0.05) is 24.4 Å². The number of carbonyl (C=O) groups is 2. The summed E-state index contributed by atoms with van der Waals surface area (Å²) in [4.78, 5) is 28.7. The first-order chi connectivity index (χ1) is 11.3. The van der Waals surface area contributed by atoms with Crippen molar-refractivity contribution in [2.45, 2.75) is 33.2 Å². The van der Waals surface area contributed by atoms with Crippen LogP contribution in [0.25, 0.3) is 0 Å². The third kappa shape index (κ3) is 5.13. The van der Waals surface area contributed by atoms with Crippen LogP contribution in [0.1, 0.15) is 31.2 Å². The number of rotatable bonds is 6. The third-order valence-corrected chi connectivity index (χ3v) is 4.30. The molecule has 24 heavy (non-hydrogen) atoms. The van der Waals surface area contributed by atoms with Gasteiger partial charge < -0.3 is 10.6 Å². The molecule has 1 aromatic heterocycles. The highest BCUT2D eigenvalue weighted by Gasteiger charge is 2.23. The summed E-state index contributed by atoms with van der Waals surface area (Å²) < 4.78 is 12.9. The summed E-state index contributed by atoms with van der Waals surface area (Å²) >= 11 is 1.36. The van der Waals surface area contributed by atoms with Gasteiger partial charge in [-0.2, -0.15) is 0 Å². The fraction of sp³-hybridized carbons (Fsp3) is 0.353. The number of anilines is 1. The Morgan fingerprint density at radius 1 is 1.25 bits per heavy atom. The van der Waals surface area contributed by atoms with Crippen molar-refractivity contribution in [1.82, 2.24) is 10.3 Å². The van der Waals surface area contributed by atoms with Gasteiger partial charge in [0.05, 0.1) is 0 Å². The molecule has 1 atom stereocenters. The molecule has 0 saturated heterocycles. The molecular formula is C17H20FN3O2S. The maximum Gasteiger partial charge on any atom is 0.248 e. The van der Waals surface area contributed by atoms with E-state index in [9.17, 15) is 14.0 Å². The Morgan fingerprint density at radius 2 is 1.92 bits per heavy atom. The van der Waals surface area contributed by atoms with Crippen LogP contribution in [0.2, 0.25) is 0 Å². The molecule has 2 amide bonds. The molecule has 1 unspecified atom stereocenters. The lowest BCUT2D eigenvalue weighted by Gasteiger charge is -2.20. The molecule has 0 fully saturated rings. The number of carbonyl (C=O) groups excluding carboxylic acids is 2. The largest absolute Gasteiger partial charge is 0.344 e. The van der Waals surface area contributed by atoms with E-state index in [1.807, 2.05) is 13.8 Å². The number of hydrogen-bond donors (Lipinski definition) is 2. The van der Waals surface area contributed by atoms with Gasteiger partial charge in [-0.25, -0.2) is 9.37 Å². The molecule has 0 bridgehead atoms. The van der Waals surface area contributed by atoms with Crippen molar-refractivity contribution in [1.29, 1.82) is 0 Å². The number of amides is 2. The van der Waals surface area contributed by atoms with Crippen LogP contribution in [0.3, 0.4) is 0 Å². The van der Waals surface area contributed by atoms with Crippen molar-refractivity contribution in [2.75, 3.05) is 5.32 Å². The Kier molecular flexibility index (Phi) is 6.03. The van der Waals surface area contributed by atoms with Gasteiger partial charge in [0.2, 0.25) is 11.8 Å². The van der Waals surface area contributed by atoms with Gasteiger partial charge >= 0.3 is 0 Å². The van der Waals surface area contributed by atoms with Gasteiger partial charge in [-0.15, -0.1) is 11.3 Å². The summed E-state index contributed by atoms with van der Waals surface area (Å²) in [5, 5.41) is 5.86. The maximum atomic E-state index is 12.9. The van der Waals surface area contributed by atoms with E-state index in [1.54, 1.807) is 18.3 Å². The highest BCUT2D eigenvalue weighted by molar-refractivity contribution is 7.15. The first-order valence-electron chi connectivity index (χ1n) is 7.62. The molecule has 0 saturated carbocycles. The Balaban J connectivity index is 2.00. The van der Waals surface area contributed by atoms with Crippen molar-refractivity contribution in [2.24, 2.45) is 5.92 Å². The Hall–Kier alpha value is -2.28. The fourth-order valence-electron chi connectivity index (χ4n) is 2.19. The minimum absolute atomic E-state index is 0.0347. The summed E-state index contributed by atoms with van der Waals surface area (Å²) in [6, 6.07) is 5.67. The van der Waals surface area contributed by atoms with Crippen LogP contribution in [0.4, 0.5) is 9.52 Å². The summed E-state index contributed by atoms with van der Waals surface area (Å²) in [5.74, 6) is -0.843. The van der Waals surface area contributed by atoms with E-state index in [0.717, 1.165) is 10.4 Å². The van der Waals surface area contributed by atoms with E-state index < -0.39 is 6.04 Å². The monoisotopic (exact) mass is 349 g/mol. The second-order valence-electron chi connectivity index (χ2n) is 5.85. The third-order valence-electron chi connectivity index (χ3n) is 3.38. The van der Waals surface area contributed by atoms with Crippen molar-refractivity contribution >= 4 is 28.3 Å². The summed E-state index contributed by atoms with van der Waals surface area (Å²) in [7, 11) is 0. The first kappa shape index (κ1) is 18.1. The lowest BCUT2D eigenvalue weighted by molar-refractivity contribution is -0.126. The van der Waals surface area contributed by atoms with Crippen molar-refractivity contribution < 1.29 is 14.0 Å². The number of nitrogens with one attached hydrogen (secondary N) is 2. The van der Waals surface area contributed by atoms with Crippen LogP contribution >= 0.6 is 11.3 Å². The SMILES string of the molecule is CC(=O)NC(C(=O)Nc1ncc(Cc2ccc(F)cc2)s1)C(C)C. The van der Waals surface area contributed by atoms with Crippen LogP contribution in [-0.2, 0) is 16.0 Å².